The summed E-state index contributed by atoms with van der Waals surface area (Å²) in [7, 11) is 0. The molecule has 1 saturated carbocycles. The number of nitrogens with one attached hydrogen (secondary N) is 1. The van der Waals surface area contributed by atoms with Crippen molar-refractivity contribution in [3.8, 4) is 0 Å². The van der Waals surface area contributed by atoms with Crippen LogP contribution in [0, 0.1) is 6.92 Å². The van der Waals surface area contributed by atoms with Crippen LogP contribution in [0.1, 0.15) is 44.8 Å². The summed E-state index contributed by atoms with van der Waals surface area (Å²) in [6.07, 6.45) is 2.51. The van der Waals surface area contributed by atoms with E-state index in [-0.39, 0.29) is 5.91 Å². The van der Waals surface area contributed by atoms with E-state index >= 15 is 0 Å². The summed E-state index contributed by atoms with van der Waals surface area (Å²) in [5.41, 5.74) is 1.34. The third-order valence-electron chi connectivity index (χ3n) is 2.79. The van der Waals surface area contributed by atoms with Crippen LogP contribution in [0.25, 0.3) is 0 Å². The molecule has 0 radical (unpaired) electrons. The van der Waals surface area contributed by atoms with E-state index in [1.165, 1.54) is 29.4 Å². The molecular weight excluding hydrogens is 268 g/mol. The van der Waals surface area contributed by atoms with E-state index in [0.717, 1.165) is 10.6 Å². The second-order valence-corrected chi connectivity index (χ2v) is 6.16. The average Bonchev–Trinajstić information content (AvgIpc) is 2.95. The van der Waals surface area contributed by atoms with Crippen molar-refractivity contribution in [2.45, 2.75) is 32.2 Å². The zero-order chi connectivity index (χ0) is 12.5. The zero-order valence-corrected chi connectivity index (χ0v) is 11.5. The van der Waals surface area contributed by atoms with E-state index in [2.05, 4.69) is 19.9 Å². The first kappa shape index (κ1) is 11.7. The fourth-order valence-corrected chi connectivity index (χ4v) is 3.07. The Balaban J connectivity index is 1.60. The number of carbonyl (C=O) groups is 1. The number of rotatable bonds is 4. The molecule has 94 valence electrons. The lowest BCUT2D eigenvalue weighted by atomic mass is 10.3. The van der Waals surface area contributed by atoms with Crippen molar-refractivity contribution in [1.29, 1.82) is 0 Å². The highest BCUT2D eigenvalue weighted by molar-refractivity contribution is 7.09. The summed E-state index contributed by atoms with van der Waals surface area (Å²) in [5, 5.41) is 9.85. The van der Waals surface area contributed by atoms with Gasteiger partial charge < -0.3 is 5.32 Å². The number of amides is 1. The summed E-state index contributed by atoms with van der Waals surface area (Å²) in [6, 6.07) is 0. The zero-order valence-electron chi connectivity index (χ0n) is 9.84. The Morgan fingerprint density at radius 2 is 2.39 bits per heavy atom. The Hall–Kier alpha value is -1.34. The second kappa shape index (κ2) is 4.74. The van der Waals surface area contributed by atoms with Crippen LogP contribution in [0.5, 0.6) is 0 Å². The predicted octanol–water partition coefficient (Wildman–Crippen LogP) is 2.11. The van der Waals surface area contributed by atoms with Gasteiger partial charge in [-0.1, -0.05) is 4.49 Å². The number of aromatic nitrogens is 3. The van der Waals surface area contributed by atoms with Crippen LogP contribution < -0.4 is 5.32 Å². The van der Waals surface area contributed by atoms with Crippen molar-refractivity contribution >= 4 is 28.8 Å². The molecule has 3 rings (SSSR count). The van der Waals surface area contributed by atoms with Crippen LogP contribution in [0.2, 0.25) is 0 Å². The molecule has 7 heteroatoms. The van der Waals surface area contributed by atoms with Gasteiger partial charge in [0.25, 0.3) is 5.91 Å². The van der Waals surface area contributed by atoms with Gasteiger partial charge >= 0.3 is 0 Å². The van der Waals surface area contributed by atoms with Crippen molar-refractivity contribution in [3.63, 3.8) is 0 Å². The third-order valence-corrected chi connectivity index (χ3v) is 4.48. The van der Waals surface area contributed by atoms with Crippen LogP contribution in [0.4, 0.5) is 0 Å². The van der Waals surface area contributed by atoms with Crippen LogP contribution >= 0.6 is 22.9 Å². The van der Waals surface area contributed by atoms with Gasteiger partial charge in [0.05, 0.1) is 22.1 Å². The molecule has 2 aromatic rings. The molecule has 1 N–H and O–H groups in total. The molecule has 0 unspecified atom stereocenters. The van der Waals surface area contributed by atoms with Crippen molar-refractivity contribution < 1.29 is 4.79 Å². The molecule has 2 aromatic heterocycles. The highest BCUT2D eigenvalue weighted by Crippen LogP contribution is 2.41. The maximum absolute atomic E-state index is 11.8. The van der Waals surface area contributed by atoms with Gasteiger partial charge in [-0.15, -0.1) is 16.4 Å². The van der Waals surface area contributed by atoms with Gasteiger partial charge in [0.1, 0.15) is 0 Å². The second-order valence-electron chi connectivity index (χ2n) is 4.31. The maximum atomic E-state index is 11.8. The monoisotopic (exact) mass is 280 g/mol. The normalized spacial score (nSPS) is 14.7. The standard InChI is InChI=1S/C11H12N4OS2/c1-6-9(14-15-18-6)10(16)12-4-8-5-17-11(13-8)7-2-3-7/h5,7H,2-4H2,1H3,(H,12,16). The SMILES string of the molecule is Cc1snnc1C(=O)NCc1csc(C2CC2)n1. The molecule has 1 aliphatic rings. The minimum absolute atomic E-state index is 0.178. The topological polar surface area (TPSA) is 67.8 Å². The average molecular weight is 280 g/mol. The molecule has 1 fully saturated rings. The van der Waals surface area contributed by atoms with Crippen LogP contribution in [-0.2, 0) is 6.54 Å². The van der Waals surface area contributed by atoms with Crippen molar-refractivity contribution in [2.75, 3.05) is 0 Å². The van der Waals surface area contributed by atoms with Crippen molar-refractivity contribution in [2.24, 2.45) is 0 Å². The number of aryl methyl sites for hydroxylation is 1. The van der Waals surface area contributed by atoms with Crippen LogP contribution in [-0.4, -0.2) is 20.5 Å². The van der Waals surface area contributed by atoms with E-state index in [0.29, 0.717) is 18.2 Å². The molecule has 0 saturated heterocycles. The number of hydrogen-bond donors (Lipinski definition) is 1. The lowest BCUT2D eigenvalue weighted by Crippen LogP contribution is -2.24. The molecular formula is C11H12N4OS2. The van der Waals surface area contributed by atoms with E-state index < -0.39 is 0 Å². The van der Waals surface area contributed by atoms with Gasteiger partial charge in [-0.25, -0.2) is 4.98 Å². The summed E-state index contributed by atoms with van der Waals surface area (Å²) in [5.74, 6) is 0.492. The fourth-order valence-electron chi connectivity index (χ4n) is 1.62. The lowest BCUT2D eigenvalue weighted by Gasteiger charge is -2.00. The number of hydrogen-bond acceptors (Lipinski definition) is 6. The van der Waals surface area contributed by atoms with Crippen LogP contribution in [0.15, 0.2) is 5.38 Å². The number of thiazole rings is 1. The Kier molecular flexibility index (Phi) is 3.09. The fraction of sp³-hybridized carbons (Fsp3) is 0.455. The molecule has 5 nitrogen and oxygen atoms in total. The first-order valence-corrected chi connectivity index (χ1v) is 7.41. The highest BCUT2D eigenvalue weighted by atomic mass is 32.1. The lowest BCUT2D eigenvalue weighted by molar-refractivity contribution is 0.0945. The Morgan fingerprint density at radius 3 is 3.06 bits per heavy atom. The summed E-state index contributed by atoms with van der Waals surface area (Å²) >= 11 is 2.92. The quantitative estimate of drug-likeness (QED) is 0.931. The smallest absolute Gasteiger partial charge is 0.273 e. The number of nitrogens with zero attached hydrogens (tertiary/aromatic N) is 3. The minimum Gasteiger partial charge on any atom is -0.345 e. The molecule has 0 bridgehead atoms. The molecule has 0 aromatic carbocycles. The predicted molar refractivity (Wildman–Crippen MR) is 69.9 cm³/mol. The minimum atomic E-state index is -0.178. The highest BCUT2D eigenvalue weighted by Gasteiger charge is 2.26. The Labute approximate surface area is 112 Å². The van der Waals surface area contributed by atoms with E-state index in [9.17, 15) is 4.79 Å². The molecule has 1 aliphatic carbocycles. The van der Waals surface area contributed by atoms with Gasteiger partial charge in [-0.2, -0.15) is 0 Å². The first-order valence-electron chi connectivity index (χ1n) is 5.75. The van der Waals surface area contributed by atoms with Gasteiger partial charge in [0, 0.05) is 11.3 Å². The maximum Gasteiger partial charge on any atom is 0.273 e. The van der Waals surface area contributed by atoms with E-state index in [1.807, 2.05) is 12.3 Å². The van der Waals surface area contributed by atoms with Crippen molar-refractivity contribution in [3.05, 3.63) is 26.7 Å². The van der Waals surface area contributed by atoms with Crippen LogP contribution in [0.3, 0.4) is 0 Å². The summed E-state index contributed by atoms with van der Waals surface area (Å²) < 4.78 is 3.75. The Morgan fingerprint density at radius 1 is 1.56 bits per heavy atom. The third kappa shape index (κ3) is 2.41. The molecule has 2 heterocycles. The van der Waals surface area contributed by atoms with Gasteiger partial charge in [0.2, 0.25) is 0 Å². The van der Waals surface area contributed by atoms with Gasteiger partial charge in [-0.05, 0) is 31.3 Å². The molecule has 0 spiro atoms. The van der Waals surface area contributed by atoms with E-state index in [4.69, 9.17) is 0 Å². The summed E-state index contributed by atoms with van der Waals surface area (Å²) in [6.45, 7) is 2.30. The largest absolute Gasteiger partial charge is 0.345 e. The number of carbonyl (C=O) groups excluding carboxylic acids is 1. The Bertz CT molecular complexity index is 573. The van der Waals surface area contributed by atoms with Gasteiger partial charge in [0.15, 0.2) is 5.69 Å². The summed E-state index contributed by atoms with van der Waals surface area (Å²) in [4.78, 5) is 17.2. The molecule has 1 amide bonds. The molecule has 0 aliphatic heterocycles. The first-order chi connectivity index (χ1) is 8.74. The molecule has 18 heavy (non-hydrogen) atoms. The van der Waals surface area contributed by atoms with Gasteiger partial charge in [-0.3, -0.25) is 4.79 Å². The molecule has 0 atom stereocenters. The van der Waals surface area contributed by atoms with Crippen molar-refractivity contribution in [1.82, 2.24) is 19.9 Å². The van der Waals surface area contributed by atoms with E-state index in [1.54, 1.807) is 11.3 Å².